The molecule has 0 spiro atoms. The summed E-state index contributed by atoms with van der Waals surface area (Å²) in [6.07, 6.45) is 1.21. The van der Waals surface area contributed by atoms with Crippen LogP contribution < -0.4 is 5.32 Å². The van der Waals surface area contributed by atoms with Crippen LogP contribution in [0.1, 0.15) is 34.1 Å². The Morgan fingerprint density at radius 3 is 2.25 bits per heavy atom. The third-order valence-electron chi connectivity index (χ3n) is 2.63. The average Bonchev–Trinajstić information content (AvgIpc) is 2.11. The van der Waals surface area contributed by atoms with Gasteiger partial charge in [0.2, 0.25) is 0 Å². The summed E-state index contributed by atoms with van der Waals surface area (Å²) in [5.41, 5.74) is 0. The highest BCUT2D eigenvalue weighted by Crippen LogP contribution is 1.94. The lowest BCUT2D eigenvalue weighted by Crippen LogP contribution is -2.40. The Bertz CT molecular complexity index is 104. The fraction of sp³-hybridized carbons (Fsp3) is 1.00. The van der Waals surface area contributed by atoms with Gasteiger partial charge in [-0.05, 0) is 33.9 Å². The molecule has 0 aromatic heterocycles. The van der Waals surface area contributed by atoms with Gasteiger partial charge in [0, 0.05) is 18.6 Å². The second-order valence-corrected chi connectivity index (χ2v) is 3.64. The Kier molecular flexibility index (Phi) is 6.39. The highest BCUT2D eigenvalue weighted by atomic mass is 15.1. The van der Waals surface area contributed by atoms with Crippen LogP contribution >= 0.6 is 0 Å². The second kappa shape index (κ2) is 6.44. The lowest BCUT2D eigenvalue weighted by Gasteiger charge is -2.24. The Balaban J connectivity index is 3.49. The predicted molar refractivity (Wildman–Crippen MR) is 55.5 cm³/mol. The van der Waals surface area contributed by atoms with E-state index >= 15 is 0 Å². The van der Waals surface area contributed by atoms with Gasteiger partial charge in [0.1, 0.15) is 0 Å². The first-order valence-corrected chi connectivity index (χ1v) is 5.05. The van der Waals surface area contributed by atoms with Crippen molar-refractivity contribution in [1.29, 1.82) is 0 Å². The lowest BCUT2D eigenvalue weighted by molar-refractivity contribution is 0.257. The van der Waals surface area contributed by atoms with Crippen molar-refractivity contribution in [1.82, 2.24) is 10.2 Å². The molecule has 0 aliphatic heterocycles. The van der Waals surface area contributed by atoms with Crippen LogP contribution in [0.15, 0.2) is 0 Å². The zero-order valence-electron chi connectivity index (χ0n) is 9.22. The van der Waals surface area contributed by atoms with Crippen LogP contribution in [0.3, 0.4) is 0 Å². The molecule has 74 valence electrons. The molecule has 0 aromatic carbocycles. The molecule has 0 rings (SSSR count). The van der Waals surface area contributed by atoms with Crippen LogP contribution in [0.4, 0.5) is 0 Å². The third-order valence-corrected chi connectivity index (χ3v) is 2.63. The molecule has 0 aromatic rings. The molecule has 0 aliphatic rings. The number of likely N-dealkylation sites (N-methyl/N-ethyl adjacent to an activating group) is 1. The Morgan fingerprint density at radius 1 is 1.25 bits per heavy atom. The normalized spacial score (nSPS) is 16.5. The van der Waals surface area contributed by atoms with Gasteiger partial charge in [0.05, 0.1) is 0 Å². The summed E-state index contributed by atoms with van der Waals surface area (Å²) in [5, 5.41) is 3.51. The maximum absolute atomic E-state index is 3.51. The van der Waals surface area contributed by atoms with Crippen LogP contribution in [0.25, 0.3) is 0 Å². The van der Waals surface area contributed by atoms with Gasteiger partial charge in [-0.25, -0.2) is 0 Å². The molecule has 0 amide bonds. The molecular formula is C10H24N2. The zero-order chi connectivity index (χ0) is 9.56. The van der Waals surface area contributed by atoms with E-state index in [1.165, 1.54) is 6.42 Å². The topological polar surface area (TPSA) is 15.3 Å². The molecule has 2 heteroatoms. The zero-order valence-corrected chi connectivity index (χ0v) is 9.22. The van der Waals surface area contributed by atoms with Gasteiger partial charge in [0.15, 0.2) is 0 Å². The Morgan fingerprint density at radius 2 is 1.83 bits per heavy atom. The van der Waals surface area contributed by atoms with E-state index in [4.69, 9.17) is 0 Å². The van der Waals surface area contributed by atoms with Crippen molar-refractivity contribution in [2.75, 3.05) is 20.1 Å². The molecule has 2 nitrogen and oxygen atoms in total. The van der Waals surface area contributed by atoms with Crippen LogP contribution in [0.2, 0.25) is 0 Å². The largest absolute Gasteiger partial charge is 0.313 e. The average molecular weight is 172 g/mol. The van der Waals surface area contributed by atoms with Crippen LogP contribution in [-0.4, -0.2) is 37.1 Å². The monoisotopic (exact) mass is 172 g/mol. The van der Waals surface area contributed by atoms with Gasteiger partial charge in [-0.2, -0.15) is 0 Å². The van der Waals surface area contributed by atoms with Crippen molar-refractivity contribution in [2.24, 2.45) is 0 Å². The van der Waals surface area contributed by atoms with E-state index < -0.39 is 0 Å². The first-order chi connectivity index (χ1) is 5.61. The standard InChI is InChI=1S/C10H24N2/c1-6-9(3)11-8-10(4)12(5)7-2/h9-11H,6-8H2,1-5H3. The lowest BCUT2D eigenvalue weighted by atomic mass is 10.2. The first kappa shape index (κ1) is 11.9. The molecule has 12 heavy (non-hydrogen) atoms. The van der Waals surface area contributed by atoms with Crippen molar-refractivity contribution in [3.05, 3.63) is 0 Å². The van der Waals surface area contributed by atoms with Crippen molar-refractivity contribution < 1.29 is 0 Å². The van der Waals surface area contributed by atoms with E-state index in [1.807, 2.05) is 0 Å². The first-order valence-electron chi connectivity index (χ1n) is 5.05. The van der Waals surface area contributed by atoms with Crippen LogP contribution in [0.5, 0.6) is 0 Å². The molecule has 0 fully saturated rings. The van der Waals surface area contributed by atoms with Crippen molar-refractivity contribution in [3.8, 4) is 0 Å². The number of nitrogens with zero attached hydrogens (tertiary/aromatic N) is 1. The predicted octanol–water partition coefficient (Wildman–Crippen LogP) is 1.71. The minimum atomic E-state index is 0.643. The molecule has 2 atom stereocenters. The summed E-state index contributed by atoms with van der Waals surface area (Å²) in [6, 6.07) is 1.29. The highest BCUT2D eigenvalue weighted by Gasteiger charge is 2.07. The fourth-order valence-electron chi connectivity index (χ4n) is 0.984. The van der Waals surface area contributed by atoms with Gasteiger partial charge < -0.3 is 10.2 Å². The number of nitrogens with one attached hydrogen (secondary N) is 1. The number of rotatable bonds is 6. The summed E-state index contributed by atoms with van der Waals surface area (Å²) in [7, 11) is 2.17. The molecular weight excluding hydrogens is 148 g/mol. The van der Waals surface area contributed by atoms with Gasteiger partial charge in [-0.15, -0.1) is 0 Å². The molecule has 0 saturated heterocycles. The molecule has 0 radical (unpaired) electrons. The molecule has 0 heterocycles. The highest BCUT2D eigenvalue weighted by molar-refractivity contribution is 4.67. The van der Waals surface area contributed by atoms with Crippen LogP contribution in [-0.2, 0) is 0 Å². The molecule has 0 aliphatic carbocycles. The van der Waals surface area contributed by atoms with E-state index in [1.54, 1.807) is 0 Å². The van der Waals surface area contributed by atoms with Crippen molar-refractivity contribution in [2.45, 2.75) is 46.2 Å². The quantitative estimate of drug-likeness (QED) is 0.656. The van der Waals surface area contributed by atoms with Crippen molar-refractivity contribution >= 4 is 0 Å². The van der Waals surface area contributed by atoms with E-state index in [2.05, 4.69) is 45.0 Å². The summed E-state index contributed by atoms with van der Waals surface area (Å²) in [5.74, 6) is 0. The molecule has 0 bridgehead atoms. The maximum atomic E-state index is 3.51. The summed E-state index contributed by atoms with van der Waals surface area (Å²) in [4.78, 5) is 2.36. The smallest absolute Gasteiger partial charge is 0.0189 e. The minimum absolute atomic E-state index is 0.643. The van der Waals surface area contributed by atoms with Crippen molar-refractivity contribution in [3.63, 3.8) is 0 Å². The molecule has 1 N–H and O–H groups in total. The maximum Gasteiger partial charge on any atom is 0.0189 e. The van der Waals surface area contributed by atoms with E-state index in [9.17, 15) is 0 Å². The fourth-order valence-corrected chi connectivity index (χ4v) is 0.984. The minimum Gasteiger partial charge on any atom is -0.313 e. The van der Waals surface area contributed by atoms with Gasteiger partial charge in [0.25, 0.3) is 0 Å². The summed E-state index contributed by atoms with van der Waals surface area (Å²) in [6.45, 7) is 11.1. The third kappa shape index (κ3) is 4.73. The van der Waals surface area contributed by atoms with E-state index in [0.717, 1.165) is 13.1 Å². The number of hydrogen-bond acceptors (Lipinski definition) is 2. The Labute approximate surface area is 77.3 Å². The number of hydrogen-bond donors (Lipinski definition) is 1. The second-order valence-electron chi connectivity index (χ2n) is 3.64. The summed E-state index contributed by atoms with van der Waals surface area (Å²) >= 11 is 0. The van der Waals surface area contributed by atoms with Gasteiger partial charge >= 0.3 is 0 Å². The summed E-state index contributed by atoms with van der Waals surface area (Å²) < 4.78 is 0. The van der Waals surface area contributed by atoms with Crippen LogP contribution in [0, 0.1) is 0 Å². The Hall–Kier alpha value is -0.0800. The van der Waals surface area contributed by atoms with Gasteiger partial charge in [-0.1, -0.05) is 13.8 Å². The molecule has 2 unspecified atom stereocenters. The van der Waals surface area contributed by atoms with E-state index in [0.29, 0.717) is 12.1 Å². The SMILES string of the molecule is CCC(C)NCC(C)N(C)CC. The van der Waals surface area contributed by atoms with Gasteiger partial charge in [-0.3, -0.25) is 0 Å². The van der Waals surface area contributed by atoms with E-state index in [-0.39, 0.29) is 0 Å². The molecule has 0 saturated carbocycles.